The predicted molar refractivity (Wildman–Crippen MR) is 135 cm³/mol. The summed E-state index contributed by atoms with van der Waals surface area (Å²) in [6.45, 7) is 6.07. The lowest BCUT2D eigenvalue weighted by atomic mass is 10.1. The van der Waals surface area contributed by atoms with Gasteiger partial charge in [0.1, 0.15) is 5.82 Å². The second-order valence-corrected chi connectivity index (χ2v) is 8.29. The summed E-state index contributed by atoms with van der Waals surface area (Å²) in [7, 11) is 0. The van der Waals surface area contributed by atoms with Gasteiger partial charge < -0.3 is 4.90 Å². The van der Waals surface area contributed by atoms with Crippen LogP contribution in [-0.2, 0) is 0 Å². The number of nitrogens with zero attached hydrogens (tertiary/aromatic N) is 4. The minimum Gasteiger partial charge on any atom is -0.329 e. The first kappa shape index (κ1) is 23.8. The Hall–Kier alpha value is -4.33. The van der Waals surface area contributed by atoms with E-state index in [0.29, 0.717) is 35.4 Å². The van der Waals surface area contributed by atoms with E-state index in [0.717, 1.165) is 5.56 Å². The standard InChI is InChI=1S/C27H26N4O4/c1-4-24(29(5-2)26(32)19-9-8-10-21(17-19)31(34)35)25-28-23-12-7-6-11-22(23)27(33)30(25)20-15-13-18(3)14-16-20/h6-17,24H,4-5H2,1-3H3. The van der Waals surface area contributed by atoms with Gasteiger partial charge in [0.25, 0.3) is 17.2 Å². The molecule has 3 aromatic carbocycles. The Balaban J connectivity index is 1.91. The largest absolute Gasteiger partial charge is 0.329 e. The molecule has 4 rings (SSSR count). The van der Waals surface area contributed by atoms with Gasteiger partial charge in [-0.25, -0.2) is 4.98 Å². The highest BCUT2D eigenvalue weighted by atomic mass is 16.6. The third-order valence-corrected chi connectivity index (χ3v) is 6.06. The van der Waals surface area contributed by atoms with Gasteiger partial charge in [0.2, 0.25) is 0 Å². The second-order valence-electron chi connectivity index (χ2n) is 8.29. The van der Waals surface area contributed by atoms with Crippen LogP contribution in [0.25, 0.3) is 16.6 Å². The number of carbonyl (C=O) groups is 1. The number of rotatable bonds is 7. The molecule has 35 heavy (non-hydrogen) atoms. The van der Waals surface area contributed by atoms with Gasteiger partial charge in [0, 0.05) is 24.2 Å². The Labute approximate surface area is 202 Å². The molecule has 8 heteroatoms. The summed E-state index contributed by atoms with van der Waals surface area (Å²) in [6.07, 6.45) is 0.491. The number of benzene rings is 3. The van der Waals surface area contributed by atoms with Gasteiger partial charge >= 0.3 is 0 Å². The number of hydrogen-bond donors (Lipinski definition) is 0. The molecule has 0 aliphatic carbocycles. The summed E-state index contributed by atoms with van der Waals surface area (Å²) in [5.74, 6) is 0.0848. The molecule has 0 N–H and O–H groups in total. The van der Waals surface area contributed by atoms with Crippen molar-refractivity contribution in [2.75, 3.05) is 6.54 Å². The number of amides is 1. The third kappa shape index (κ3) is 4.55. The molecule has 1 aromatic heterocycles. The van der Waals surface area contributed by atoms with Crippen LogP contribution in [0.5, 0.6) is 0 Å². The molecule has 1 heterocycles. The second kappa shape index (κ2) is 9.89. The van der Waals surface area contributed by atoms with Crippen LogP contribution in [0, 0.1) is 17.0 Å². The summed E-state index contributed by atoms with van der Waals surface area (Å²) < 4.78 is 1.57. The minimum atomic E-state index is -0.537. The van der Waals surface area contributed by atoms with Gasteiger partial charge in [-0.15, -0.1) is 0 Å². The van der Waals surface area contributed by atoms with Crippen molar-refractivity contribution in [2.45, 2.75) is 33.2 Å². The molecular formula is C27H26N4O4. The summed E-state index contributed by atoms with van der Waals surface area (Å²) in [6, 6.07) is 19.9. The first-order valence-corrected chi connectivity index (χ1v) is 11.5. The summed E-state index contributed by atoms with van der Waals surface area (Å²) in [5.41, 5.74) is 2.11. The van der Waals surface area contributed by atoms with Crippen molar-refractivity contribution >= 4 is 22.5 Å². The van der Waals surface area contributed by atoms with E-state index in [1.54, 1.807) is 33.7 Å². The van der Waals surface area contributed by atoms with Crippen molar-refractivity contribution in [1.29, 1.82) is 0 Å². The van der Waals surface area contributed by atoms with Crippen molar-refractivity contribution in [3.63, 3.8) is 0 Å². The van der Waals surface area contributed by atoms with E-state index < -0.39 is 11.0 Å². The minimum absolute atomic E-state index is 0.152. The van der Waals surface area contributed by atoms with Crippen LogP contribution in [0.15, 0.2) is 77.6 Å². The van der Waals surface area contributed by atoms with Gasteiger partial charge in [0.15, 0.2) is 0 Å². The lowest BCUT2D eigenvalue weighted by Gasteiger charge is -2.31. The zero-order valence-corrected chi connectivity index (χ0v) is 19.8. The maximum atomic E-state index is 13.7. The number of hydrogen-bond acceptors (Lipinski definition) is 5. The van der Waals surface area contributed by atoms with Gasteiger partial charge in [-0.2, -0.15) is 0 Å². The highest BCUT2D eigenvalue weighted by Crippen LogP contribution is 2.28. The SMILES string of the molecule is CCC(c1nc2ccccc2c(=O)n1-c1ccc(C)cc1)N(CC)C(=O)c1cccc([N+](=O)[O-])c1. The Kier molecular flexibility index (Phi) is 6.73. The first-order chi connectivity index (χ1) is 16.8. The fraction of sp³-hybridized carbons (Fsp3) is 0.222. The molecule has 0 spiro atoms. The monoisotopic (exact) mass is 470 g/mol. The van der Waals surface area contributed by atoms with Crippen molar-refractivity contribution in [1.82, 2.24) is 14.5 Å². The molecule has 0 saturated heterocycles. The summed E-state index contributed by atoms with van der Waals surface area (Å²) >= 11 is 0. The van der Waals surface area contributed by atoms with Crippen molar-refractivity contribution in [3.8, 4) is 5.69 Å². The quantitative estimate of drug-likeness (QED) is 0.273. The molecule has 1 atom stereocenters. The Morgan fingerprint density at radius 1 is 1.06 bits per heavy atom. The number of aromatic nitrogens is 2. The highest BCUT2D eigenvalue weighted by Gasteiger charge is 2.29. The predicted octanol–water partition coefficient (Wildman–Crippen LogP) is 5.22. The number of nitro benzene ring substituents is 1. The van der Waals surface area contributed by atoms with Gasteiger partial charge in [-0.05, 0) is 50.6 Å². The maximum Gasteiger partial charge on any atom is 0.270 e. The Morgan fingerprint density at radius 2 is 1.77 bits per heavy atom. The van der Waals surface area contributed by atoms with Crippen LogP contribution in [0.2, 0.25) is 0 Å². The lowest BCUT2D eigenvalue weighted by Crippen LogP contribution is -2.38. The van der Waals surface area contributed by atoms with E-state index in [2.05, 4.69) is 0 Å². The van der Waals surface area contributed by atoms with Crippen molar-refractivity contribution in [2.24, 2.45) is 0 Å². The number of fused-ring (bicyclic) bond motifs is 1. The molecule has 178 valence electrons. The number of nitro groups is 1. The average Bonchev–Trinajstić information content (AvgIpc) is 2.87. The van der Waals surface area contributed by atoms with E-state index in [-0.39, 0.29) is 22.7 Å². The number of aryl methyl sites for hydroxylation is 1. The first-order valence-electron chi connectivity index (χ1n) is 11.5. The van der Waals surface area contributed by atoms with Crippen LogP contribution in [0.1, 0.15) is 48.1 Å². The summed E-state index contributed by atoms with van der Waals surface area (Å²) in [5, 5.41) is 11.7. The Morgan fingerprint density at radius 3 is 2.43 bits per heavy atom. The lowest BCUT2D eigenvalue weighted by molar-refractivity contribution is -0.384. The fourth-order valence-electron chi connectivity index (χ4n) is 4.28. The number of para-hydroxylation sites is 1. The molecule has 1 unspecified atom stereocenters. The number of non-ortho nitro benzene ring substituents is 1. The molecule has 0 aliphatic rings. The van der Waals surface area contributed by atoms with E-state index in [9.17, 15) is 19.7 Å². The topological polar surface area (TPSA) is 98.3 Å². The van der Waals surface area contributed by atoms with Crippen LogP contribution < -0.4 is 5.56 Å². The van der Waals surface area contributed by atoms with Crippen molar-refractivity contribution < 1.29 is 9.72 Å². The van der Waals surface area contributed by atoms with Gasteiger partial charge in [-0.1, -0.05) is 42.8 Å². The van der Waals surface area contributed by atoms with Crippen LogP contribution in [0.4, 0.5) is 5.69 Å². The highest BCUT2D eigenvalue weighted by molar-refractivity contribution is 5.95. The van der Waals surface area contributed by atoms with Crippen LogP contribution in [0.3, 0.4) is 0 Å². The molecule has 8 nitrogen and oxygen atoms in total. The van der Waals surface area contributed by atoms with E-state index in [1.165, 1.54) is 18.2 Å². The Bertz CT molecular complexity index is 1460. The van der Waals surface area contributed by atoms with E-state index in [1.807, 2.05) is 51.1 Å². The summed E-state index contributed by atoms with van der Waals surface area (Å²) in [4.78, 5) is 44.4. The molecule has 0 saturated carbocycles. The van der Waals surface area contributed by atoms with E-state index in [4.69, 9.17) is 4.98 Å². The van der Waals surface area contributed by atoms with Gasteiger partial charge in [-0.3, -0.25) is 24.3 Å². The average molecular weight is 471 g/mol. The molecule has 4 aromatic rings. The normalized spacial score (nSPS) is 11.9. The molecular weight excluding hydrogens is 444 g/mol. The molecule has 0 bridgehead atoms. The van der Waals surface area contributed by atoms with Gasteiger partial charge in [0.05, 0.1) is 27.6 Å². The molecule has 0 aliphatic heterocycles. The maximum absolute atomic E-state index is 13.7. The van der Waals surface area contributed by atoms with Crippen LogP contribution >= 0.6 is 0 Å². The number of carbonyl (C=O) groups excluding carboxylic acids is 1. The fourth-order valence-corrected chi connectivity index (χ4v) is 4.28. The third-order valence-electron chi connectivity index (χ3n) is 6.06. The zero-order valence-electron chi connectivity index (χ0n) is 19.8. The van der Waals surface area contributed by atoms with E-state index >= 15 is 0 Å². The molecule has 0 radical (unpaired) electrons. The smallest absolute Gasteiger partial charge is 0.270 e. The zero-order chi connectivity index (χ0) is 25.1. The molecule has 0 fully saturated rings. The van der Waals surface area contributed by atoms with Crippen molar-refractivity contribution in [3.05, 3.63) is 110 Å². The van der Waals surface area contributed by atoms with Crippen LogP contribution in [-0.4, -0.2) is 31.8 Å². The molecule has 1 amide bonds.